The lowest BCUT2D eigenvalue weighted by Crippen LogP contribution is -2.49. The van der Waals surface area contributed by atoms with E-state index in [0.29, 0.717) is 10.6 Å². The number of nitrogens with one attached hydrogen (secondary N) is 3. The number of phenolic OH excluding ortho intramolecular Hbond substituents is 1. The zero-order valence-electron chi connectivity index (χ0n) is 17.3. The average Bonchev–Trinajstić information content (AvgIpc) is 2.70. The number of nitrogens with two attached hydrogens (primary N) is 1. The van der Waals surface area contributed by atoms with Gasteiger partial charge < -0.3 is 37.0 Å². The molecule has 32 heavy (non-hydrogen) atoms. The molecule has 12 nitrogen and oxygen atoms in total. The van der Waals surface area contributed by atoms with Crippen molar-refractivity contribution >= 4 is 47.1 Å². The summed E-state index contributed by atoms with van der Waals surface area (Å²) in [6, 6.07) is 2.01. The molecule has 0 aliphatic heterocycles. The lowest BCUT2D eigenvalue weighted by molar-refractivity contribution is -0.139. The predicted molar refractivity (Wildman–Crippen MR) is 115 cm³/mol. The summed E-state index contributed by atoms with van der Waals surface area (Å²) in [5, 5.41) is 35.0. The molecule has 1 aromatic carbocycles. The van der Waals surface area contributed by atoms with Gasteiger partial charge in [0.2, 0.25) is 17.7 Å². The smallest absolute Gasteiger partial charge is 0.320 e. The van der Waals surface area contributed by atoms with Gasteiger partial charge in [0.1, 0.15) is 17.8 Å². The summed E-state index contributed by atoms with van der Waals surface area (Å²) in [6.07, 6.45) is -0.686. The highest BCUT2D eigenvalue weighted by atomic mass is 32.2. The largest absolute Gasteiger partial charge is 0.507 e. The monoisotopic (exact) mass is 470 g/mol. The van der Waals surface area contributed by atoms with Gasteiger partial charge in [-0.25, -0.2) is 0 Å². The van der Waals surface area contributed by atoms with E-state index in [1.165, 1.54) is 25.1 Å². The number of anilines is 1. The lowest BCUT2D eigenvalue weighted by atomic mass is 10.1. The van der Waals surface area contributed by atoms with Crippen LogP contribution in [0, 0.1) is 0 Å². The lowest BCUT2D eigenvalue weighted by Gasteiger charge is -2.19. The van der Waals surface area contributed by atoms with Crippen LogP contribution in [0.5, 0.6) is 5.75 Å². The predicted octanol–water partition coefficient (Wildman–Crippen LogP) is -0.289. The zero-order chi connectivity index (χ0) is 24.3. The first-order valence-corrected chi connectivity index (χ1v) is 10.5. The Labute approximate surface area is 187 Å². The molecular formula is C19H26N4O8S. The summed E-state index contributed by atoms with van der Waals surface area (Å²) >= 11 is 1.02. The SMILES string of the molecule is CC(=O)Nc1ccc(O)c(SC[C@H](NC(=O)CC[C@H](N)C(=O)O)C(=O)NCCC(=O)O)c1. The summed E-state index contributed by atoms with van der Waals surface area (Å²) in [4.78, 5) is 57.6. The van der Waals surface area contributed by atoms with E-state index in [4.69, 9.17) is 15.9 Å². The van der Waals surface area contributed by atoms with E-state index in [9.17, 15) is 29.1 Å². The van der Waals surface area contributed by atoms with Gasteiger partial charge in [0.05, 0.1) is 11.3 Å². The van der Waals surface area contributed by atoms with Crippen LogP contribution in [0.2, 0.25) is 0 Å². The van der Waals surface area contributed by atoms with Gasteiger partial charge in [-0.1, -0.05) is 0 Å². The summed E-state index contributed by atoms with van der Waals surface area (Å²) < 4.78 is 0. The molecule has 0 unspecified atom stereocenters. The van der Waals surface area contributed by atoms with Crippen molar-refractivity contribution in [3.8, 4) is 5.75 Å². The van der Waals surface area contributed by atoms with Gasteiger partial charge in [-0.15, -0.1) is 11.8 Å². The molecule has 1 rings (SSSR count). The number of amides is 3. The number of hydrogen-bond acceptors (Lipinski definition) is 8. The van der Waals surface area contributed by atoms with Crippen LogP contribution < -0.4 is 21.7 Å². The molecule has 0 saturated heterocycles. The van der Waals surface area contributed by atoms with Crippen molar-refractivity contribution in [1.29, 1.82) is 0 Å². The first-order valence-electron chi connectivity index (χ1n) is 9.50. The molecule has 13 heteroatoms. The Morgan fingerprint density at radius 3 is 2.41 bits per heavy atom. The highest BCUT2D eigenvalue weighted by Crippen LogP contribution is 2.31. The molecule has 0 radical (unpaired) electrons. The van der Waals surface area contributed by atoms with Crippen LogP contribution in [0.25, 0.3) is 0 Å². The van der Waals surface area contributed by atoms with Crippen LogP contribution in [0.3, 0.4) is 0 Å². The number of carbonyl (C=O) groups excluding carboxylic acids is 3. The molecule has 1 aromatic rings. The first kappa shape index (κ1) is 26.7. The maximum absolute atomic E-state index is 12.5. The number of carboxylic acids is 2. The van der Waals surface area contributed by atoms with Crippen LogP contribution >= 0.6 is 11.8 Å². The second kappa shape index (κ2) is 13.2. The Bertz CT molecular complexity index is 864. The third-order valence-corrected chi connectivity index (χ3v) is 5.11. The van der Waals surface area contributed by atoms with Crippen LogP contribution in [-0.4, -0.2) is 69.4 Å². The van der Waals surface area contributed by atoms with Gasteiger partial charge in [-0.05, 0) is 24.6 Å². The maximum atomic E-state index is 12.5. The summed E-state index contributed by atoms with van der Waals surface area (Å²) in [7, 11) is 0. The van der Waals surface area contributed by atoms with Crippen molar-refractivity contribution in [2.45, 2.75) is 43.2 Å². The van der Waals surface area contributed by atoms with Crippen LogP contribution in [0.1, 0.15) is 26.2 Å². The molecular weight excluding hydrogens is 444 g/mol. The van der Waals surface area contributed by atoms with Crippen molar-refractivity contribution < 1.29 is 39.3 Å². The maximum Gasteiger partial charge on any atom is 0.320 e. The summed E-state index contributed by atoms with van der Waals surface area (Å²) in [5.74, 6) is -4.08. The quantitative estimate of drug-likeness (QED) is 0.148. The number of aromatic hydroxyl groups is 1. The minimum absolute atomic E-state index is 0.0350. The number of hydrogen-bond donors (Lipinski definition) is 7. The van der Waals surface area contributed by atoms with Crippen LogP contribution in [0.4, 0.5) is 5.69 Å². The molecule has 0 aliphatic rings. The third-order valence-electron chi connectivity index (χ3n) is 3.98. The van der Waals surface area contributed by atoms with Gasteiger partial charge in [0.25, 0.3) is 0 Å². The van der Waals surface area contributed by atoms with E-state index in [0.717, 1.165) is 11.8 Å². The van der Waals surface area contributed by atoms with Crippen LogP contribution in [-0.2, 0) is 24.0 Å². The number of phenols is 1. The van der Waals surface area contributed by atoms with Gasteiger partial charge in [0.15, 0.2) is 0 Å². The Balaban J connectivity index is 2.85. The highest BCUT2D eigenvalue weighted by molar-refractivity contribution is 7.99. The normalized spacial score (nSPS) is 12.3. The topological polar surface area (TPSA) is 208 Å². The second-order valence-electron chi connectivity index (χ2n) is 6.71. The van der Waals surface area contributed by atoms with Crippen molar-refractivity contribution in [2.75, 3.05) is 17.6 Å². The van der Waals surface area contributed by atoms with E-state index in [1.54, 1.807) is 0 Å². The molecule has 0 aromatic heterocycles. The molecule has 2 atom stereocenters. The van der Waals surface area contributed by atoms with E-state index >= 15 is 0 Å². The highest BCUT2D eigenvalue weighted by Gasteiger charge is 2.23. The summed E-state index contributed by atoms with van der Waals surface area (Å²) in [6.45, 7) is 1.17. The number of benzene rings is 1. The Morgan fingerprint density at radius 1 is 1.12 bits per heavy atom. The minimum atomic E-state index is -1.26. The van der Waals surface area contributed by atoms with Crippen LogP contribution in [0.15, 0.2) is 23.1 Å². The number of thioether (sulfide) groups is 1. The number of carbonyl (C=O) groups is 5. The fourth-order valence-corrected chi connectivity index (χ4v) is 3.37. The van der Waals surface area contributed by atoms with Gasteiger partial charge in [-0.2, -0.15) is 0 Å². The van der Waals surface area contributed by atoms with Gasteiger partial charge in [-0.3, -0.25) is 24.0 Å². The van der Waals surface area contributed by atoms with Gasteiger partial charge >= 0.3 is 11.9 Å². The summed E-state index contributed by atoms with van der Waals surface area (Å²) in [5.41, 5.74) is 5.80. The fourth-order valence-electron chi connectivity index (χ4n) is 2.36. The standard InChI is InChI=1S/C19H26N4O8S/c1-10(24)22-11-2-4-14(25)15(8-11)32-9-13(18(29)21-7-6-17(27)28)23-16(26)5-3-12(20)19(30)31/h2,4,8,12-13,25H,3,5-7,9,20H2,1H3,(H,21,29)(H,22,24)(H,23,26)(H,27,28)(H,30,31)/t12-,13-/m0/s1. The molecule has 0 spiro atoms. The molecule has 0 aliphatic carbocycles. The van der Waals surface area contributed by atoms with E-state index in [1.807, 2.05) is 0 Å². The molecule has 0 fully saturated rings. The molecule has 0 saturated carbocycles. The van der Waals surface area contributed by atoms with Crippen molar-refractivity contribution in [1.82, 2.24) is 10.6 Å². The molecule has 0 bridgehead atoms. The van der Waals surface area contributed by atoms with E-state index in [2.05, 4.69) is 16.0 Å². The first-order chi connectivity index (χ1) is 15.0. The average molecular weight is 471 g/mol. The fraction of sp³-hybridized carbons (Fsp3) is 0.421. The van der Waals surface area contributed by atoms with Gasteiger partial charge in [0, 0.05) is 31.3 Å². The molecule has 3 amide bonds. The number of carboxylic acid groups (broad SMARTS) is 2. The molecule has 0 heterocycles. The third kappa shape index (κ3) is 10.1. The van der Waals surface area contributed by atoms with Crippen molar-refractivity contribution in [3.63, 3.8) is 0 Å². The zero-order valence-corrected chi connectivity index (χ0v) is 18.1. The minimum Gasteiger partial charge on any atom is -0.507 e. The Kier molecular flexibility index (Phi) is 11.0. The Morgan fingerprint density at radius 2 is 1.81 bits per heavy atom. The number of rotatable bonds is 13. The van der Waals surface area contributed by atoms with Crippen molar-refractivity contribution in [2.24, 2.45) is 5.73 Å². The van der Waals surface area contributed by atoms with Crippen molar-refractivity contribution in [3.05, 3.63) is 18.2 Å². The molecule has 8 N–H and O–H groups in total. The molecule has 176 valence electrons. The number of aliphatic carboxylic acids is 2. The van der Waals surface area contributed by atoms with E-state index < -0.39 is 35.8 Å². The Hall–Kier alpha value is -3.32. The van der Waals surface area contributed by atoms with E-state index in [-0.39, 0.29) is 43.2 Å². The second-order valence-corrected chi connectivity index (χ2v) is 7.77.